The number of allylic oxidation sites excluding steroid dienone is 2. The van der Waals surface area contributed by atoms with Crippen molar-refractivity contribution < 1.29 is 25.1 Å². The standard InChI is InChI=1S/C28H36N2.Pd/c1-4-7-11-22-16-18-24(19-17-22)28-26(14-9-6-3)21-27(30(28)29)25-15-10-13-23(20-25)12-8-5-2;/h10,13,15-21H,4-9,11-12,14H2,1-3H3;. The molecule has 31 heavy (non-hydrogen) atoms. The maximum atomic E-state index is 11.2. The van der Waals surface area contributed by atoms with Gasteiger partial charge in [0.15, 0.2) is 0 Å². The van der Waals surface area contributed by atoms with E-state index in [0.717, 1.165) is 54.6 Å². The molecular weight excluding hydrogens is 471 g/mol. The van der Waals surface area contributed by atoms with Crippen LogP contribution in [0.15, 0.2) is 60.2 Å². The van der Waals surface area contributed by atoms with Gasteiger partial charge in [0.1, 0.15) is 0 Å². The topological polar surface area (TPSA) is 25.3 Å². The van der Waals surface area contributed by atoms with Crippen molar-refractivity contribution in [2.24, 2.45) is 0 Å². The molecule has 0 unspecified atom stereocenters. The number of benzene rings is 2. The van der Waals surface area contributed by atoms with Crippen molar-refractivity contribution in [3.8, 4) is 0 Å². The number of hydrogen-bond acceptors (Lipinski definition) is 0. The smallest absolute Gasteiger partial charge is 0.210 e. The predicted molar refractivity (Wildman–Crippen MR) is 128 cm³/mol. The summed E-state index contributed by atoms with van der Waals surface area (Å²) in [4.78, 5) is 0. The van der Waals surface area contributed by atoms with Gasteiger partial charge < -0.3 is 5.53 Å². The first kappa shape index (κ1) is 25.4. The van der Waals surface area contributed by atoms with Crippen LogP contribution < -0.4 is 0 Å². The Morgan fingerprint density at radius 1 is 0.710 bits per heavy atom. The zero-order chi connectivity index (χ0) is 21.3. The molecule has 1 aliphatic heterocycles. The molecule has 0 bridgehead atoms. The predicted octanol–water partition coefficient (Wildman–Crippen LogP) is 8.36. The van der Waals surface area contributed by atoms with Crippen LogP contribution in [-0.2, 0) is 33.3 Å². The number of hydrogen-bond donors (Lipinski definition) is 0. The Kier molecular flexibility index (Phi) is 10.6. The summed E-state index contributed by atoms with van der Waals surface area (Å²) in [5.41, 5.74) is 19.2. The molecule has 0 amide bonds. The average Bonchev–Trinajstić information content (AvgIpc) is 3.11. The van der Waals surface area contributed by atoms with E-state index in [1.807, 2.05) is 0 Å². The third-order valence-electron chi connectivity index (χ3n) is 5.94. The quantitative estimate of drug-likeness (QED) is 0.216. The van der Waals surface area contributed by atoms with Gasteiger partial charge in [-0.05, 0) is 73.9 Å². The van der Waals surface area contributed by atoms with Gasteiger partial charge in [-0.2, -0.15) is 0 Å². The molecule has 0 aromatic heterocycles. The molecule has 0 saturated carbocycles. The van der Waals surface area contributed by atoms with Gasteiger partial charge in [0.25, 0.3) is 0 Å². The van der Waals surface area contributed by atoms with E-state index in [1.165, 1.54) is 47.1 Å². The Morgan fingerprint density at radius 3 is 1.97 bits per heavy atom. The van der Waals surface area contributed by atoms with Gasteiger partial charge in [0, 0.05) is 43.2 Å². The van der Waals surface area contributed by atoms with Gasteiger partial charge in [-0.1, -0.05) is 64.3 Å². The Labute approximate surface area is 202 Å². The third kappa shape index (κ3) is 6.58. The van der Waals surface area contributed by atoms with Gasteiger partial charge in [-0.15, -0.1) is 0 Å². The molecule has 0 radical (unpaired) electrons. The van der Waals surface area contributed by atoms with E-state index in [2.05, 4.69) is 75.4 Å². The summed E-state index contributed by atoms with van der Waals surface area (Å²) in [5.74, 6) is 0. The van der Waals surface area contributed by atoms with Crippen LogP contribution in [-0.4, -0.2) is 4.70 Å². The summed E-state index contributed by atoms with van der Waals surface area (Å²) in [6.07, 6.45) is 12.5. The van der Waals surface area contributed by atoms with Crippen molar-refractivity contribution in [3.05, 3.63) is 88.0 Å². The van der Waals surface area contributed by atoms with Gasteiger partial charge in [-0.3, -0.25) is 0 Å². The van der Waals surface area contributed by atoms with E-state index in [9.17, 15) is 5.53 Å². The van der Waals surface area contributed by atoms with Crippen LogP contribution in [0.3, 0.4) is 0 Å². The van der Waals surface area contributed by atoms with E-state index in [1.54, 1.807) is 0 Å². The first-order valence-corrected chi connectivity index (χ1v) is 11.8. The van der Waals surface area contributed by atoms with E-state index < -0.39 is 0 Å². The van der Waals surface area contributed by atoms with Crippen molar-refractivity contribution >= 4 is 11.4 Å². The summed E-state index contributed by atoms with van der Waals surface area (Å²) < 4.78 is 1.42. The first-order valence-electron chi connectivity index (χ1n) is 11.8. The number of nitrogens with zero attached hydrogens (tertiary/aromatic N) is 2. The molecular formula is C28H36N2Pd. The molecule has 1 aliphatic rings. The van der Waals surface area contributed by atoms with E-state index in [4.69, 9.17) is 0 Å². The Hall–Kier alpha value is -1.82. The number of aryl methyl sites for hydroxylation is 2. The molecule has 3 heteroatoms. The summed E-state index contributed by atoms with van der Waals surface area (Å²) >= 11 is 0. The largest absolute Gasteiger partial charge is 0.493 e. The first-order chi connectivity index (χ1) is 14.7. The zero-order valence-corrected chi connectivity index (χ0v) is 20.8. The molecule has 0 fully saturated rings. The molecule has 2 aromatic carbocycles. The molecule has 2 nitrogen and oxygen atoms in total. The van der Waals surface area contributed by atoms with Crippen molar-refractivity contribution in [1.29, 1.82) is 0 Å². The molecule has 3 rings (SSSR count). The van der Waals surface area contributed by atoms with E-state index >= 15 is 0 Å². The van der Waals surface area contributed by atoms with Crippen LogP contribution in [0.2, 0.25) is 0 Å². The maximum Gasteiger partial charge on any atom is 0.210 e. The Morgan fingerprint density at radius 2 is 1.32 bits per heavy atom. The second-order valence-corrected chi connectivity index (χ2v) is 8.42. The monoisotopic (exact) mass is 506 g/mol. The molecule has 0 aliphatic carbocycles. The van der Waals surface area contributed by atoms with Gasteiger partial charge in [0.2, 0.25) is 11.4 Å². The van der Waals surface area contributed by atoms with Crippen molar-refractivity contribution in [2.45, 2.75) is 78.6 Å². The normalized spacial score (nSPS) is 13.4. The van der Waals surface area contributed by atoms with Gasteiger partial charge in [0.05, 0.1) is 0 Å². The van der Waals surface area contributed by atoms with Crippen molar-refractivity contribution in [1.82, 2.24) is 0 Å². The fraction of sp³-hybridized carbons (Fsp3) is 0.429. The third-order valence-corrected chi connectivity index (χ3v) is 5.94. The fourth-order valence-corrected chi connectivity index (χ4v) is 4.10. The van der Waals surface area contributed by atoms with Crippen LogP contribution in [0.5, 0.6) is 0 Å². The Bertz CT molecular complexity index is 922. The summed E-state index contributed by atoms with van der Waals surface area (Å²) in [5, 5.41) is 0. The minimum Gasteiger partial charge on any atom is -0.493 e. The number of rotatable bonds is 11. The van der Waals surface area contributed by atoms with E-state index in [0.29, 0.717) is 0 Å². The summed E-state index contributed by atoms with van der Waals surface area (Å²) in [7, 11) is 0. The van der Waals surface area contributed by atoms with Crippen LogP contribution in [0.25, 0.3) is 16.9 Å². The Balaban J connectivity index is 0.00000341. The fourth-order valence-electron chi connectivity index (χ4n) is 4.10. The molecule has 168 valence electrons. The van der Waals surface area contributed by atoms with Crippen molar-refractivity contribution in [2.75, 3.05) is 0 Å². The second kappa shape index (κ2) is 12.9. The van der Waals surface area contributed by atoms with Crippen LogP contribution in [0.1, 0.15) is 88.0 Å². The average molecular weight is 507 g/mol. The van der Waals surface area contributed by atoms with Gasteiger partial charge in [-0.25, -0.2) is 4.70 Å². The molecule has 2 aromatic rings. The SMILES string of the molecule is CCCCC1=C(c2ccc(CCCC)cc2)[N+](=[N-])C(c2cccc(CCCC)c2)=C1.[Pd]. The summed E-state index contributed by atoms with van der Waals surface area (Å²) in [6.45, 7) is 6.67. The minimum atomic E-state index is 0. The molecule has 0 N–H and O–H groups in total. The van der Waals surface area contributed by atoms with Gasteiger partial charge >= 0.3 is 0 Å². The minimum absolute atomic E-state index is 0. The van der Waals surface area contributed by atoms with Crippen LogP contribution in [0, 0.1) is 0 Å². The number of unbranched alkanes of at least 4 members (excludes halogenated alkanes) is 3. The second-order valence-electron chi connectivity index (χ2n) is 8.42. The zero-order valence-electron chi connectivity index (χ0n) is 19.3. The summed E-state index contributed by atoms with van der Waals surface area (Å²) in [6, 6.07) is 17.4. The van der Waals surface area contributed by atoms with Crippen LogP contribution in [0.4, 0.5) is 0 Å². The molecule has 0 saturated heterocycles. The van der Waals surface area contributed by atoms with Crippen molar-refractivity contribution in [3.63, 3.8) is 0 Å². The molecule has 0 atom stereocenters. The van der Waals surface area contributed by atoms with E-state index in [-0.39, 0.29) is 20.4 Å². The molecule has 0 spiro atoms. The molecule has 1 heterocycles. The van der Waals surface area contributed by atoms with Crippen LogP contribution >= 0.6 is 0 Å². The maximum absolute atomic E-state index is 11.2.